The number of nitrogens with two attached hydrogens (primary N) is 1. The fraction of sp³-hybridized carbons (Fsp3) is 0.100. The van der Waals surface area contributed by atoms with Crippen LogP contribution in [0.3, 0.4) is 0 Å². The molecule has 0 aromatic carbocycles. The predicted molar refractivity (Wildman–Crippen MR) is 64.1 cm³/mol. The number of pyridine rings is 1. The molecule has 0 unspecified atom stereocenters. The summed E-state index contributed by atoms with van der Waals surface area (Å²) in [6.07, 6.45) is 5.15. The van der Waals surface area contributed by atoms with Crippen molar-refractivity contribution in [2.75, 3.05) is 0 Å². The van der Waals surface area contributed by atoms with Gasteiger partial charge in [0.15, 0.2) is 11.0 Å². The van der Waals surface area contributed by atoms with Gasteiger partial charge in [-0.25, -0.2) is 9.97 Å². The Labute approximate surface area is 102 Å². The van der Waals surface area contributed by atoms with E-state index in [9.17, 15) is 0 Å². The summed E-state index contributed by atoms with van der Waals surface area (Å²) in [5, 5.41) is 13.1. The van der Waals surface area contributed by atoms with E-state index in [0.29, 0.717) is 5.56 Å². The molecule has 0 saturated carbocycles. The first-order chi connectivity index (χ1) is 8.20. The highest BCUT2D eigenvalue weighted by Gasteiger charge is 2.05. The molecule has 2 aromatic heterocycles. The van der Waals surface area contributed by atoms with Gasteiger partial charge in [0.2, 0.25) is 0 Å². The van der Waals surface area contributed by atoms with Crippen molar-refractivity contribution in [3.05, 3.63) is 36.3 Å². The smallest absolute Gasteiger partial charge is 0.174 e. The first kappa shape index (κ1) is 11.5. The Balaban J connectivity index is 2.17. The number of hydrogen-bond acceptors (Lipinski definition) is 5. The molecule has 0 saturated heterocycles. The maximum absolute atomic E-state index is 8.52. The standard InChI is InChI=1S/C10H11N5OS/c1-15-5-4-12-10(15)17-8-3-2-7(6-13-8)9(11)14-16/h2-6,16H,1H3,(H2,11,14). The molecule has 2 rings (SSSR count). The fourth-order valence-corrected chi connectivity index (χ4v) is 1.94. The highest BCUT2D eigenvalue weighted by Crippen LogP contribution is 2.23. The molecule has 0 aliphatic heterocycles. The summed E-state index contributed by atoms with van der Waals surface area (Å²) in [6.45, 7) is 0. The Morgan fingerprint density at radius 3 is 2.82 bits per heavy atom. The van der Waals surface area contributed by atoms with Gasteiger partial charge < -0.3 is 15.5 Å². The minimum atomic E-state index is 0.0473. The number of imidazole rings is 1. The average molecular weight is 249 g/mol. The molecule has 0 fully saturated rings. The second-order valence-corrected chi connectivity index (χ2v) is 4.28. The van der Waals surface area contributed by atoms with Gasteiger partial charge in [-0.15, -0.1) is 0 Å². The molecule has 0 aliphatic rings. The quantitative estimate of drug-likeness (QED) is 0.367. The minimum Gasteiger partial charge on any atom is -0.409 e. The van der Waals surface area contributed by atoms with Crippen molar-refractivity contribution >= 4 is 17.6 Å². The minimum absolute atomic E-state index is 0.0473. The first-order valence-electron chi connectivity index (χ1n) is 4.80. The number of oxime groups is 1. The van der Waals surface area contributed by atoms with Crippen LogP contribution in [0, 0.1) is 0 Å². The van der Waals surface area contributed by atoms with Crippen molar-refractivity contribution in [2.24, 2.45) is 17.9 Å². The second-order valence-electron chi connectivity index (χ2n) is 3.29. The summed E-state index contributed by atoms with van der Waals surface area (Å²) >= 11 is 1.45. The largest absolute Gasteiger partial charge is 0.409 e. The van der Waals surface area contributed by atoms with E-state index in [1.807, 2.05) is 17.8 Å². The molecular formula is C10H11N5OS. The molecular weight excluding hydrogens is 238 g/mol. The van der Waals surface area contributed by atoms with Crippen LogP contribution in [-0.4, -0.2) is 25.6 Å². The van der Waals surface area contributed by atoms with Crippen LogP contribution >= 0.6 is 11.8 Å². The van der Waals surface area contributed by atoms with Crippen LogP contribution in [0.25, 0.3) is 0 Å². The fourth-order valence-electron chi connectivity index (χ4n) is 1.19. The van der Waals surface area contributed by atoms with Crippen molar-refractivity contribution in [1.82, 2.24) is 14.5 Å². The van der Waals surface area contributed by atoms with Crippen LogP contribution in [-0.2, 0) is 7.05 Å². The van der Waals surface area contributed by atoms with E-state index < -0.39 is 0 Å². The molecule has 7 heteroatoms. The molecule has 2 aromatic rings. The molecule has 2 heterocycles. The lowest BCUT2D eigenvalue weighted by atomic mass is 10.3. The lowest BCUT2D eigenvalue weighted by Crippen LogP contribution is -2.13. The summed E-state index contributed by atoms with van der Waals surface area (Å²) in [4.78, 5) is 8.38. The van der Waals surface area contributed by atoms with Crippen LogP contribution in [0.15, 0.2) is 46.1 Å². The third-order valence-corrected chi connectivity index (χ3v) is 3.14. The van der Waals surface area contributed by atoms with Crippen molar-refractivity contribution < 1.29 is 5.21 Å². The molecule has 0 spiro atoms. The van der Waals surface area contributed by atoms with Gasteiger partial charge in [0.05, 0.1) is 0 Å². The number of nitrogens with zero attached hydrogens (tertiary/aromatic N) is 4. The van der Waals surface area contributed by atoms with Gasteiger partial charge in [0.1, 0.15) is 5.03 Å². The van der Waals surface area contributed by atoms with Crippen molar-refractivity contribution in [3.8, 4) is 0 Å². The van der Waals surface area contributed by atoms with Crippen molar-refractivity contribution in [1.29, 1.82) is 0 Å². The average Bonchev–Trinajstić information content (AvgIpc) is 2.75. The highest BCUT2D eigenvalue weighted by molar-refractivity contribution is 7.99. The number of aryl methyl sites for hydroxylation is 1. The third kappa shape index (κ3) is 2.56. The zero-order chi connectivity index (χ0) is 12.3. The van der Waals surface area contributed by atoms with Crippen LogP contribution in [0.1, 0.15) is 5.56 Å². The first-order valence-corrected chi connectivity index (χ1v) is 5.61. The van der Waals surface area contributed by atoms with Gasteiger partial charge in [0, 0.05) is 31.2 Å². The van der Waals surface area contributed by atoms with E-state index in [4.69, 9.17) is 10.9 Å². The van der Waals surface area contributed by atoms with Crippen LogP contribution in [0.5, 0.6) is 0 Å². The summed E-state index contributed by atoms with van der Waals surface area (Å²) in [5.74, 6) is 0.0473. The van der Waals surface area contributed by atoms with E-state index in [-0.39, 0.29) is 5.84 Å². The Kier molecular flexibility index (Phi) is 3.29. The van der Waals surface area contributed by atoms with E-state index in [0.717, 1.165) is 10.2 Å². The highest BCUT2D eigenvalue weighted by atomic mass is 32.2. The lowest BCUT2D eigenvalue weighted by molar-refractivity contribution is 0.318. The normalized spacial score (nSPS) is 11.7. The van der Waals surface area contributed by atoms with Crippen LogP contribution in [0.4, 0.5) is 0 Å². The van der Waals surface area contributed by atoms with Gasteiger partial charge >= 0.3 is 0 Å². The van der Waals surface area contributed by atoms with Gasteiger partial charge in [-0.1, -0.05) is 5.16 Å². The van der Waals surface area contributed by atoms with E-state index in [2.05, 4.69) is 15.1 Å². The van der Waals surface area contributed by atoms with Gasteiger partial charge in [-0.05, 0) is 23.9 Å². The summed E-state index contributed by atoms with van der Waals surface area (Å²) in [7, 11) is 1.92. The number of aromatic nitrogens is 3. The molecule has 0 radical (unpaired) electrons. The maximum atomic E-state index is 8.52. The van der Waals surface area contributed by atoms with Crippen LogP contribution in [0.2, 0.25) is 0 Å². The number of hydrogen-bond donors (Lipinski definition) is 2. The Bertz CT molecular complexity index is 534. The zero-order valence-corrected chi connectivity index (χ0v) is 9.92. The van der Waals surface area contributed by atoms with Gasteiger partial charge in [-0.3, -0.25) is 0 Å². The zero-order valence-electron chi connectivity index (χ0n) is 9.11. The monoisotopic (exact) mass is 249 g/mol. The van der Waals surface area contributed by atoms with Crippen molar-refractivity contribution in [2.45, 2.75) is 10.2 Å². The summed E-state index contributed by atoms with van der Waals surface area (Å²) in [6, 6.07) is 3.54. The molecule has 3 N–H and O–H groups in total. The topological polar surface area (TPSA) is 89.3 Å². The number of rotatable bonds is 3. The third-order valence-electron chi connectivity index (χ3n) is 2.11. The molecule has 6 nitrogen and oxygen atoms in total. The van der Waals surface area contributed by atoms with Gasteiger partial charge in [0.25, 0.3) is 0 Å². The Morgan fingerprint density at radius 1 is 1.47 bits per heavy atom. The van der Waals surface area contributed by atoms with Crippen LogP contribution < -0.4 is 5.73 Å². The summed E-state index contributed by atoms with van der Waals surface area (Å²) in [5.41, 5.74) is 6.02. The Hall–Kier alpha value is -2.02. The molecule has 0 atom stereocenters. The molecule has 0 aliphatic carbocycles. The lowest BCUT2D eigenvalue weighted by Gasteiger charge is -2.02. The molecule has 88 valence electrons. The van der Waals surface area contributed by atoms with Gasteiger partial charge in [-0.2, -0.15) is 0 Å². The molecule has 0 bridgehead atoms. The SMILES string of the molecule is Cn1ccnc1Sc1ccc(/C(N)=N/O)cn1. The van der Waals surface area contributed by atoms with E-state index in [1.54, 1.807) is 24.5 Å². The van der Waals surface area contributed by atoms with E-state index >= 15 is 0 Å². The predicted octanol–water partition coefficient (Wildman–Crippen LogP) is 1.06. The van der Waals surface area contributed by atoms with E-state index in [1.165, 1.54) is 11.8 Å². The second kappa shape index (κ2) is 4.88. The van der Waals surface area contributed by atoms with Crippen molar-refractivity contribution in [3.63, 3.8) is 0 Å². The Morgan fingerprint density at radius 2 is 2.29 bits per heavy atom. The molecule has 17 heavy (non-hydrogen) atoms. The molecule has 0 amide bonds. The maximum Gasteiger partial charge on any atom is 0.174 e. The summed E-state index contributed by atoms with van der Waals surface area (Å²) < 4.78 is 1.91. The number of amidine groups is 1.